The van der Waals surface area contributed by atoms with E-state index in [4.69, 9.17) is 14.2 Å². The molecule has 5 aliphatic rings. The SMILES string of the molecule is C=C1C(=O)[C@@]23C(=O)[C@@H]4OC[C@]5(C=CCC(C)(C)[C@@H]45)[C@@H]2CC[C@@H]1[C@H]3OC(=O)c1ccc(OC)cc1. The maximum absolute atomic E-state index is 14.3. The second-order valence-corrected chi connectivity index (χ2v) is 11.3. The highest BCUT2D eigenvalue weighted by molar-refractivity contribution is 6.20. The molecule has 4 aliphatic carbocycles. The van der Waals surface area contributed by atoms with Crippen molar-refractivity contribution in [2.45, 2.75) is 45.3 Å². The highest BCUT2D eigenvalue weighted by Crippen LogP contribution is 2.71. The van der Waals surface area contributed by atoms with E-state index >= 15 is 0 Å². The van der Waals surface area contributed by atoms with Gasteiger partial charge in [-0.1, -0.05) is 32.6 Å². The van der Waals surface area contributed by atoms with E-state index in [9.17, 15) is 14.4 Å². The first-order valence-electron chi connectivity index (χ1n) is 12.1. The molecule has 0 unspecified atom stereocenters. The summed E-state index contributed by atoms with van der Waals surface area (Å²) in [7, 11) is 1.56. The van der Waals surface area contributed by atoms with Gasteiger partial charge in [-0.2, -0.15) is 0 Å². The van der Waals surface area contributed by atoms with Crippen LogP contribution in [0.3, 0.4) is 0 Å². The quantitative estimate of drug-likeness (QED) is 0.293. The van der Waals surface area contributed by atoms with E-state index in [0.717, 1.165) is 6.42 Å². The first-order valence-corrected chi connectivity index (χ1v) is 12.1. The summed E-state index contributed by atoms with van der Waals surface area (Å²) in [5, 5.41) is 0. The highest BCUT2D eigenvalue weighted by atomic mass is 16.5. The molecular weight excluding hydrogens is 432 g/mol. The van der Waals surface area contributed by atoms with E-state index in [2.05, 4.69) is 32.6 Å². The number of fused-ring (bicyclic) bond motifs is 1. The second kappa shape index (κ2) is 6.91. The minimum atomic E-state index is -1.42. The van der Waals surface area contributed by atoms with Crippen LogP contribution in [0.5, 0.6) is 5.75 Å². The van der Waals surface area contributed by atoms with Gasteiger partial charge in [0.2, 0.25) is 0 Å². The van der Waals surface area contributed by atoms with Crippen molar-refractivity contribution in [2.75, 3.05) is 13.7 Å². The van der Waals surface area contributed by atoms with Gasteiger partial charge in [0, 0.05) is 17.3 Å². The Morgan fingerprint density at radius 3 is 2.59 bits per heavy atom. The van der Waals surface area contributed by atoms with E-state index in [1.54, 1.807) is 31.4 Å². The summed E-state index contributed by atoms with van der Waals surface area (Å²) < 4.78 is 17.5. The summed E-state index contributed by atoms with van der Waals surface area (Å²) in [6.07, 6.45) is 5.11. The Morgan fingerprint density at radius 2 is 1.88 bits per heavy atom. The van der Waals surface area contributed by atoms with Gasteiger partial charge in [0.1, 0.15) is 23.4 Å². The van der Waals surface area contributed by atoms with Crippen molar-refractivity contribution < 1.29 is 28.6 Å². The van der Waals surface area contributed by atoms with Gasteiger partial charge in [0.05, 0.1) is 19.3 Å². The zero-order chi connectivity index (χ0) is 24.0. The predicted molar refractivity (Wildman–Crippen MR) is 123 cm³/mol. The Labute approximate surface area is 199 Å². The minimum absolute atomic E-state index is 0.00396. The van der Waals surface area contributed by atoms with Crippen molar-refractivity contribution in [3.05, 3.63) is 54.1 Å². The van der Waals surface area contributed by atoms with E-state index < -0.39 is 29.0 Å². The summed E-state index contributed by atoms with van der Waals surface area (Å²) in [5.41, 5.74) is -1.20. The molecular formula is C28H30O6. The van der Waals surface area contributed by atoms with Crippen LogP contribution in [0.15, 0.2) is 48.6 Å². The lowest BCUT2D eigenvalue weighted by atomic mass is 9.41. The van der Waals surface area contributed by atoms with Crippen LogP contribution in [0.25, 0.3) is 0 Å². The van der Waals surface area contributed by atoms with E-state index in [1.807, 2.05) is 0 Å². The molecule has 1 aromatic carbocycles. The number of esters is 1. The van der Waals surface area contributed by atoms with Crippen LogP contribution in [0, 0.1) is 34.0 Å². The molecule has 6 nitrogen and oxygen atoms in total. The molecule has 0 N–H and O–H groups in total. The zero-order valence-corrected chi connectivity index (χ0v) is 19.8. The number of allylic oxidation sites excluding steroid dienone is 1. The molecule has 6 heteroatoms. The molecule has 1 heterocycles. The molecule has 4 bridgehead atoms. The number of rotatable bonds is 3. The van der Waals surface area contributed by atoms with Crippen LogP contribution < -0.4 is 4.74 Å². The van der Waals surface area contributed by atoms with Crippen molar-refractivity contribution >= 4 is 17.5 Å². The zero-order valence-electron chi connectivity index (χ0n) is 19.8. The molecule has 1 aliphatic heterocycles. The number of hydrogen-bond acceptors (Lipinski definition) is 6. The number of methoxy groups -OCH3 is 1. The molecule has 3 saturated carbocycles. The van der Waals surface area contributed by atoms with E-state index in [0.29, 0.717) is 36.3 Å². The lowest BCUT2D eigenvalue weighted by Crippen LogP contribution is -2.68. The topological polar surface area (TPSA) is 78.9 Å². The number of Topliss-reactive ketones (excluding diaryl/α,β-unsaturated/α-hetero) is 2. The summed E-state index contributed by atoms with van der Waals surface area (Å²) >= 11 is 0. The number of hydrogen-bond donors (Lipinski definition) is 0. The van der Waals surface area contributed by atoms with Crippen molar-refractivity contribution in [2.24, 2.45) is 34.0 Å². The largest absolute Gasteiger partial charge is 0.497 e. The van der Waals surface area contributed by atoms with Gasteiger partial charge >= 0.3 is 5.97 Å². The van der Waals surface area contributed by atoms with Crippen LogP contribution >= 0.6 is 0 Å². The first-order chi connectivity index (χ1) is 16.2. The van der Waals surface area contributed by atoms with Gasteiger partial charge in [-0.3, -0.25) is 9.59 Å². The Kier molecular flexibility index (Phi) is 4.43. The van der Waals surface area contributed by atoms with E-state index in [1.165, 1.54) is 0 Å². The average Bonchev–Trinajstić information content (AvgIpc) is 3.24. The van der Waals surface area contributed by atoms with Crippen molar-refractivity contribution in [1.29, 1.82) is 0 Å². The molecule has 6 rings (SSSR count). The van der Waals surface area contributed by atoms with Crippen LogP contribution in [-0.4, -0.2) is 43.5 Å². The van der Waals surface area contributed by atoms with Crippen LogP contribution in [-0.2, 0) is 19.1 Å². The van der Waals surface area contributed by atoms with Gasteiger partial charge in [0.15, 0.2) is 11.6 Å². The van der Waals surface area contributed by atoms with E-state index in [-0.39, 0.29) is 34.7 Å². The standard InChI is InChI=1S/C28H30O6/c1-15-18-10-11-19-27-13-5-12-26(2,3)21(27)20(33-14-27)23(30)28(19,22(15)29)24(18)34-25(31)16-6-8-17(32-4)9-7-16/h5-9,13,18-21,24H,1,10-12,14H2,2-4H3/t18-,19-,20+,21+,24+,27+,28+/m0/s1. The number of ketones is 2. The summed E-state index contributed by atoms with van der Waals surface area (Å²) in [5.74, 6) is -0.983. The molecule has 0 aromatic heterocycles. The Morgan fingerprint density at radius 1 is 1.15 bits per heavy atom. The van der Waals surface area contributed by atoms with Gasteiger partial charge in [0.25, 0.3) is 0 Å². The van der Waals surface area contributed by atoms with Gasteiger partial charge < -0.3 is 14.2 Å². The maximum Gasteiger partial charge on any atom is 0.338 e. The Hall–Kier alpha value is -2.73. The molecule has 0 amide bonds. The lowest BCUT2D eigenvalue weighted by Gasteiger charge is -2.59. The normalized spacial score (nSPS) is 41.1. The molecule has 178 valence electrons. The summed E-state index contributed by atoms with van der Waals surface area (Å²) in [6.45, 7) is 8.88. The third-order valence-electron chi connectivity index (χ3n) is 9.43. The van der Waals surface area contributed by atoms with Gasteiger partial charge in [-0.25, -0.2) is 4.79 Å². The fraction of sp³-hybridized carbons (Fsp3) is 0.536. The summed E-state index contributed by atoms with van der Waals surface area (Å²) in [4.78, 5) is 41.4. The van der Waals surface area contributed by atoms with Crippen LogP contribution in [0.4, 0.5) is 0 Å². The molecule has 1 saturated heterocycles. The average molecular weight is 463 g/mol. The molecule has 7 atom stereocenters. The molecule has 34 heavy (non-hydrogen) atoms. The van der Waals surface area contributed by atoms with Crippen LogP contribution in [0.2, 0.25) is 0 Å². The van der Waals surface area contributed by atoms with Crippen molar-refractivity contribution in [3.8, 4) is 5.75 Å². The third kappa shape index (κ3) is 2.42. The fourth-order valence-electron chi connectivity index (χ4n) is 8.12. The number of carbonyl (C=O) groups is 3. The third-order valence-corrected chi connectivity index (χ3v) is 9.43. The first kappa shape index (κ1) is 21.8. The molecule has 4 fully saturated rings. The number of carbonyl (C=O) groups excluding carboxylic acids is 3. The number of ether oxygens (including phenoxy) is 3. The van der Waals surface area contributed by atoms with Gasteiger partial charge in [-0.15, -0.1) is 0 Å². The summed E-state index contributed by atoms with van der Waals surface area (Å²) in [6, 6.07) is 6.65. The second-order valence-electron chi connectivity index (χ2n) is 11.3. The van der Waals surface area contributed by atoms with Crippen LogP contribution in [0.1, 0.15) is 43.5 Å². The fourth-order valence-corrected chi connectivity index (χ4v) is 8.12. The monoisotopic (exact) mass is 462 g/mol. The molecule has 1 aromatic rings. The maximum atomic E-state index is 14.3. The lowest BCUT2D eigenvalue weighted by molar-refractivity contribution is -0.178. The van der Waals surface area contributed by atoms with Gasteiger partial charge in [-0.05, 0) is 60.4 Å². The highest BCUT2D eigenvalue weighted by Gasteiger charge is 2.80. The Balaban J connectivity index is 1.46. The molecule has 0 radical (unpaired) electrons. The minimum Gasteiger partial charge on any atom is -0.497 e. The Bertz CT molecular complexity index is 1150. The smallest absolute Gasteiger partial charge is 0.338 e. The predicted octanol–water partition coefficient (Wildman–Crippen LogP) is 3.94. The number of benzene rings is 1. The van der Waals surface area contributed by atoms with Crippen molar-refractivity contribution in [1.82, 2.24) is 0 Å². The molecule has 1 spiro atoms. The van der Waals surface area contributed by atoms with Crippen molar-refractivity contribution in [3.63, 3.8) is 0 Å².